The van der Waals surface area contributed by atoms with Crippen molar-refractivity contribution < 1.29 is 9.94 Å². The number of ether oxygens (including phenoxy) is 1. The summed E-state index contributed by atoms with van der Waals surface area (Å²) >= 11 is 0. The van der Waals surface area contributed by atoms with Crippen LogP contribution in [0.3, 0.4) is 0 Å². The molecule has 0 bridgehead atoms. The van der Waals surface area contributed by atoms with E-state index >= 15 is 0 Å². The number of hydrogen-bond donors (Lipinski definition) is 2. The van der Waals surface area contributed by atoms with E-state index in [0.717, 1.165) is 51.3 Å². The first-order valence-electron chi connectivity index (χ1n) is 7.17. The molecule has 0 saturated carbocycles. The van der Waals surface area contributed by atoms with Gasteiger partial charge in [0, 0.05) is 19.0 Å². The SMILES string of the molecule is NC(=NO)C1CCCN(CCCOc2ccccc2)C1. The zero-order valence-corrected chi connectivity index (χ0v) is 11.7. The van der Waals surface area contributed by atoms with Crippen LogP contribution in [-0.2, 0) is 0 Å². The molecule has 1 aromatic rings. The molecule has 110 valence electrons. The summed E-state index contributed by atoms with van der Waals surface area (Å²) in [7, 11) is 0. The van der Waals surface area contributed by atoms with Crippen molar-refractivity contribution in [3.8, 4) is 5.75 Å². The lowest BCUT2D eigenvalue weighted by Gasteiger charge is -2.31. The van der Waals surface area contributed by atoms with E-state index in [-0.39, 0.29) is 5.92 Å². The molecule has 3 N–H and O–H groups in total. The molecule has 20 heavy (non-hydrogen) atoms. The number of nitrogens with zero attached hydrogens (tertiary/aromatic N) is 2. The Kier molecular flexibility index (Phi) is 5.68. The number of likely N-dealkylation sites (tertiary alicyclic amines) is 1. The van der Waals surface area contributed by atoms with Crippen LogP contribution in [0.25, 0.3) is 0 Å². The molecule has 0 aliphatic carbocycles. The molecule has 0 amide bonds. The first kappa shape index (κ1) is 14.7. The first-order valence-corrected chi connectivity index (χ1v) is 7.17. The Labute approximate surface area is 120 Å². The van der Waals surface area contributed by atoms with Crippen molar-refractivity contribution in [2.45, 2.75) is 19.3 Å². The molecule has 1 aliphatic rings. The van der Waals surface area contributed by atoms with Crippen molar-refractivity contribution in [3.05, 3.63) is 30.3 Å². The van der Waals surface area contributed by atoms with Gasteiger partial charge in [-0.1, -0.05) is 23.4 Å². The highest BCUT2D eigenvalue weighted by Crippen LogP contribution is 2.17. The summed E-state index contributed by atoms with van der Waals surface area (Å²) < 4.78 is 5.68. The van der Waals surface area contributed by atoms with E-state index in [1.165, 1.54) is 0 Å². The molecule has 1 aromatic carbocycles. The van der Waals surface area contributed by atoms with Gasteiger partial charge >= 0.3 is 0 Å². The number of benzene rings is 1. The molecule has 1 heterocycles. The minimum atomic E-state index is 0.184. The van der Waals surface area contributed by atoms with Crippen LogP contribution in [0.2, 0.25) is 0 Å². The number of amidine groups is 1. The van der Waals surface area contributed by atoms with Gasteiger partial charge in [0.15, 0.2) is 0 Å². The average Bonchev–Trinajstić information content (AvgIpc) is 2.52. The second-order valence-corrected chi connectivity index (χ2v) is 5.18. The Morgan fingerprint density at radius 1 is 1.40 bits per heavy atom. The lowest BCUT2D eigenvalue weighted by atomic mass is 9.97. The van der Waals surface area contributed by atoms with Crippen LogP contribution in [0.4, 0.5) is 0 Å². The van der Waals surface area contributed by atoms with Gasteiger partial charge < -0.3 is 20.6 Å². The van der Waals surface area contributed by atoms with Crippen LogP contribution in [0.5, 0.6) is 5.75 Å². The molecule has 1 unspecified atom stereocenters. The number of para-hydroxylation sites is 1. The number of hydrogen-bond acceptors (Lipinski definition) is 4. The fourth-order valence-corrected chi connectivity index (χ4v) is 2.58. The third kappa shape index (κ3) is 4.42. The summed E-state index contributed by atoms with van der Waals surface area (Å²) in [6.45, 7) is 3.67. The maximum absolute atomic E-state index is 8.74. The van der Waals surface area contributed by atoms with E-state index in [0.29, 0.717) is 5.84 Å². The fourth-order valence-electron chi connectivity index (χ4n) is 2.58. The third-order valence-electron chi connectivity index (χ3n) is 3.67. The molecular formula is C15H23N3O2. The maximum atomic E-state index is 8.74. The Balaban J connectivity index is 1.66. The minimum Gasteiger partial charge on any atom is -0.494 e. The van der Waals surface area contributed by atoms with Gasteiger partial charge in [0.25, 0.3) is 0 Å². The summed E-state index contributed by atoms with van der Waals surface area (Å²) in [5, 5.41) is 11.9. The van der Waals surface area contributed by atoms with E-state index in [2.05, 4.69) is 10.1 Å². The molecule has 1 fully saturated rings. The van der Waals surface area contributed by atoms with E-state index in [9.17, 15) is 0 Å². The second kappa shape index (κ2) is 7.75. The quantitative estimate of drug-likeness (QED) is 0.274. The maximum Gasteiger partial charge on any atom is 0.143 e. The van der Waals surface area contributed by atoms with Gasteiger partial charge in [0.05, 0.1) is 6.61 Å². The Hall–Kier alpha value is -1.75. The predicted octanol–water partition coefficient (Wildman–Crippen LogP) is 1.91. The van der Waals surface area contributed by atoms with Crippen LogP contribution >= 0.6 is 0 Å². The minimum absolute atomic E-state index is 0.184. The highest BCUT2D eigenvalue weighted by Gasteiger charge is 2.22. The molecule has 1 atom stereocenters. The smallest absolute Gasteiger partial charge is 0.143 e. The third-order valence-corrected chi connectivity index (χ3v) is 3.67. The molecular weight excluding hydrogens is 254 g/mol. The monoisotopic (exact) mass is 277 g/mol. The van der Waals surface area contributed by atoms with Crippen molar-refractivity contribution in [1.82, 2.24) is 4.90 Å². The summed E-state index contributed by atoms with van der Waals surface area (Å²) in [5.41, 5.74) is 5.69. The molecule has 1 aliphatic heterocycles. The van der Waals surface area contributed by atoms with Gasteiger partial charge in [-0.15, -0.1) is 0 Å². The molecule has 0 spiro atoms. The van der Waals surface area contributed by atoms with Crippen molar-refractivity contribution in [1.29, 1.82) is 0 Å². The van der Waals surface area contributed by atoms with Crippen LogP contribution < -0.4 is 10.5 Å². The Morgan fingerprint density at radius 3 is 2.95 bits per heavy atom. The average molecular weight is 277 g/mol. The lowest BCUT2D eigenvalue weighted by Crippen LogP contribution is -2.41. The van der Waals surface area contributed by atoms with Gasteiger partial charge in [-0.05, 0) is 37.9 Å². The summed E-state index contributed by atoms with van der Waals surface area (Å²) in [6.07, 6.45) is 3.09. The number of nitrogens with two attached hydrogens (primary N) is 1. The van der Waals surface area contributed by atoms with Gasteiger partial charge in [-0.2, -0.15) is 0 Å². The fraction of sp³-hybridized carbons (Fsp3) is 0.533. The van der Waals surface area contributed by atoms with Crippen LogP contribution in [0.15, 0.2) is 35.5 Å². The highest BCUT2D eigenvalue weighted by molar-refractivity contribution is 5.82. The van der Waals surface area contributed by atoms with E-state index < -0.39 is 0 Å². The number of oxime groups is 1. The number of rotatable bonds is 6. The number of piperidine rings is 1. The molecule has 5 heteroatoms. The van der Waals surface area contributed by atoms with E-state index in [4.69, 9.17) is 15.7 Å². The largest absolute Gasteiger partial charge is 0.494 e. The normalized spacial score (nSPS) is 20.8. The Bertz CT molecular complexity index is 422. The van der Waals surface area contributed by atoms with Gasteiger partial charge in [-0.3, -0.25) is 0 Å². The second-order valence-electron chi connectivity index (χ2n) is 5.18. The summed E-state index contributed by atoms with van der Waals surface area (Å²) in [4.78, 5) is 2.36. The molecule has 0 radical (unpaired) electrons. The summed E-state index contributed by atoms with van der Waals surface area (Å²) in [5.74, 6) is 1.46. The van der Waals surface area contributed by atoms with Gasteiger partial charge in [0.2, 0.25) is 0 Å². The van der Waals surface area contributed by atoms with Crippen LogP contribution in [0.1, 0.15) is 19.3 Å². The zero-order chi connectivity index (χ0) is 14.2. The molecule has 2 rings (SSSR count). The van der Waals surface area contributed by atoms with Crippen molar-refractivity contribution in [2.24, 2.45) is 16.8 Å². The topological polar surface area (TPSA) is 71.1 Å². The lowest BCUT2D eigenvalue weighted by molar-refractivity contribution is 0.183. The highest BCUT2D eigenvalue weighted by atomic mass is 16.5. The Morgan fingerprint density at radius 2 is 2.20 bits per heavy atom. The first-order chi connectivity index (χ1) is 9.79. The summed E-state index contributed by atoms with van der Waals surface area (Å²) in [6, 6.07) is 9.86. The van der Waals surface area contributed by atoms with E-state index in [1.807, 2.05) is 30.3 Å². The van der Waals surface area contributed by atoms with E-state index in [1.54, 1.807) is 0 Å². The zero-order valence-electron chi connectivity index (χ0n) is 11.7. The van der Waals surface area contributed by atoms with Gasteiger partial charge in [0.1, 0.15) is 11.6 Å². The van der Waals surface area contributed by atoms with Crippen LogP contribution in [-0.4, -0.2) is 42.2 Å². The van der Waals surface area contributed by atoms with Crippen molar-refractivity contribution in [3.63, 3.8) is 0 Å². The predicted molar refractivity (Wildman–Crippen MR) is 79.1 cm³/mol. The van der Waals surface area contributed by atoms with Gasteiger partial charge in [-0.25, -0.2) is 0 Å². The van der Waals surface area contributed by atoms with Crippen molar-refractivity contribution >= 4 is 5.84 Å². The van der Waals surface area contributed by atoms with Crippen LogP contribution in [0, 0.1) is 5.92 Å². The molecule has 5 nitrogen and oxygen atoms in total. The van der Waals surface area contributed by atoms with Crippen molar-refractivity contribution in [2.75, 3.05) is 26.2 Å². The molecule has 0 aromatic heterocycles. The molecule has 1 saturated heterocycles. The standard InChI is InChI=1S/C15H23N3O2/c16-15(17-19)13-6-4-9-18(12-13)10-5-11-20-14-7-2-1-3-8-14/h1-3,7-8,13,19H,4-6,9-12H2,(H2,16,17).